The van der Waals surface area contributed by atoms with Gasteiger partial charge in [-0.25, -0.2) is 18.2 Å². The molecule has 0 atom stereocenters. The van der Waals surface area contributed by atoms with E-state index in [4.69, 9.17) is 0 Å². The van der Waals surface area contributed by atoms with E-state index in [2.05, 4.69) is 20.2 Å². The number of anilines is 2. The first-order valence-corrected chi connectivity index (χ1v) is 11.0. The lowest BCUT2D eigenvalue weighted by molar-refractivity contribution is 0.101. The van der Waals surface area contributed by atoms with Gasteiger partial charge < -0.3 is 10.2 Å². The number of benzene rings is 3. The Labute approximate surface area is 198 Å². The summed E-state index contributed by atoms with van der Waals surface area (Å²) in [5, 5.41) is 2.47. The summed E-state index contributed by atoms with van der Waals surface area (Å²) in [6.07, 6.45) is 3.87. The average Bonchev–Trinajstić information content (AvgIpc) is 3.41. The van der Waals surface area contributed by atoms with Crippen molar-refractivity contribution < 1.29 is 22.8 Å². The number of hydrogen-bond donors (Lipinski definition) is 1. The first-order chi connectivity index (χ1) is 16.9. The van der Waals surface area contributed by atoms with Gasteiger partial charge in [0.1, 0.15) is 11.6 Å². The van der Waals surface area contributed by atoms with E-state index in [-0.39, 0.29) is 22.4 Å². The van der Waals surface area contributed by atoms with Crippen LogP contribution in [0.25, 0.3) is 11.0 Å². The number of carbonyl (C=O) groups excluding carboxylic acids is 2. The van der Waals surface area contributed by atoms with Gasteiger partial charge in [-0.1, -0.05) is 0 Å². The highest BCUT2D eigenvalue weighted by Gasteiger charge is 2.19. The third kappa shape index (κ3) is 4.57. The maximum atomic E-state index is 14.6. The molecule has 1 aromatic heterocycles. The minimum absolute atomic E-state index is 0.122. The van der Waals surface area contributed by atoms with Gasteiger partial charge >= 0.3 is 0 Å². The van der Waals surface area contributed by atoms with Crippen molar-refractivity contribution in [3.63, 3.8) is 0 Å². The zero-order valence-electron chi connectivity index (χ0n) is 18.4. The van der Waals surface area contributed by atoms with Crippen LogP contribution in [0.2, 0.25) is 0 Å². The Balaban J connectivity index is 1.42. The number of carbonyl (C=O) groups is 2. The van der Waals surface area contributed by atoms with Crippen LogP contribution >= 0.6 is 0 Å². The van der Waals surface area contributed by atoms with Gasteiger partial charge in [-0.15, -0.1) is 0 Å². The zero-order chi connectivity index (χ0) is 24.5. The Morgan fingerprint density at radius 3 is 2.31 bits per heavy atom. The summed E-state index contributed by atoms with van der Waals surface area (Å²) in [5.41, 5.74) is 1.09. The summed E-state index contributed by atoms with van der Waals surface area (Å²) in [5.74, 6) is -3.61. The fourth-order valence-corrected chi connectivity index (χ4v) is 4.01. The van der Waals surface area contributed by atoms with E-state index in [1.807, 2.05) is 0 Å². The topological polar surface area (TPSA) is 75.2 Å². The van der Waals surface area contributed by atoms with Gasteiger partial charge in [-0.05, 0) is 67.4 Å². The van der Waals surface area contributed by atoms with Gasteiger partial charge in [-0.2, -0.15) is 0 Å². The molecule has 0 radical (unpaired) electrons. The highest BCUT2D eigenvalue weighted by Crippen LogP contribution is 2.24. The number of ketones is 1. The van der Waals surface area contributed by atoms with E-state index < -0.39 is 29.1 Å². The summed E-state index contributed by atoms with van der Waals surface area (Å²) < 4.78 is 41.2. The number of hydrogen-bond acceptors (Lipinski definition) is 5. The summed E-state index contributed by atoms with van der Waals surface area (Å²) in [6.45, 7) is 1.79. The molecule has 2 heterocycles. The van der Waals surface area contributed by atoms with Crippen molar-refractivity contribution in [2.75, 3.05) is 23.3 Å². The van der Waals surface area contributed by atoms with E-state index in [0.717, 1.165) is 56.0 Å². The molecular formula is C26H19F3N4O2. The molecule has 4 aromatic rings. The average molecular weight is 476 g/mol. The Bertz CT molecular complexity index is 1470. The monoisotopic (exact) mass is 476 g/mol. The standard InChI is InChI=1S/C26H19F3N4O2/c27-19-7-5-17(31-26(35)16-3-6-20(28)21(29)11-16)13-18(19)25(34)15-4-8-22-23(12-15)32-24(14-30-22)33-9-1-2-10-33/h3-8,11-14H,1-2,9-10H2,(H,31,35). The third-order valence-corrected chi connectivity index (χ3v) is 5.87. The van der Waals surface area contributed by atoms with Gasteiger partial charge in [-0.3, -0.25) is 14.6 Å². The smallest absolute Gasteiger partial charge is 0.255 e. The number of fused-ring (bicyclic) bond motifs is 1. The van der Waals surface area contributed by atoms with Gasteiger partial charge in [0.2, 0.25) is 0 Å². The van der Waals surface area contributed by atoms with Crippen molar-refractivity contribution in [1.82, 2.24) is 9.97 Å². The van der Waals surface area contributed by atoms with Crippen LogP contribution in [0.4, 0.5) is 24.7 Å². The molecule has 1 amide bonds. The Morgan fingerprint density at radius 1 is 0.800 bits per heavy atom. The van der Waals surface area contributed by atoms with Crippen LogP contribution in [-0.2, 0) is 0 Å². The molecule has 1 aliphatic rings. The lowest BCUT2D eigenvalue weighted by Gasteiger charge is -2.16. The molecular weight excluding hydrogens is 457 g/mol. The van der Waals surface area contributed by atoms with Crippen LogP contribution < -0.4 is 10.2 Å². The molecule has 35 heavy (non-hydrogen) atoms. The van der Waals surface area contributed by atoms with E-state index in [1.54, 1.807) is 24.4 Å². The molecule has 0 bridgehead atoms. The molecule has 1 fully saturated rings. The minimum Gasteiger partial charge on any atom is -0.355 e. The summed E-state index contributed by atoms with van der Waals surface area (Å²) in [7, 11) is 0. The molecule has 0 unspecified atom stereocenters. The molecule has 3 aromatic carbocycles. The Kier molecular flexibility index (Phi) is 5.90. The van der Waals surface area contributed by atoms with E-state index in [1.165, 1.54) is 12.1 Å². The second-order valence-electron chi connectivity index (χ2n) is 8.23. The molecule has 1 aliphatic heterocycles. The minimum atomic E-state index is -1.17. The summed E-state index contributed by atoms with van der Waals surface area (Å²) in [6, 6.07) is 11.0. The number of nitrogens with one attached hydrogen (secondary N) is 1. The zero-order valence-corrected chi connectivity index (χ0v) is 18.4. The van der Waals surface area contributed by atoms with Crippen molar-refractivity contribution in [2.45, 2.75) is 12.8 Å². The van der Waals surface area contributed by atoms with Gasteiger partial charge in [0.05, 0.1) is 22.8 Å². The highest BCUT2D eigenvalue weighted by molar-refractivity contribution is 6.11. The maximum Gasteiger partial charge on any atom is 0.255 e. The van der Waals surface area contributed by atoms with Crippen molar-refractivity contribution in [1.29, 1.82) is 0 Å². The molecule has 1 saturated heterocycles. The van der Waals surface area contributed by atoms with E-state index in [0.29, 0.717) is 11.0 Å². The van der Waals surface area contributed by atoms with Crippen LogP contribution in [-0.4, -0.2) is 34.7 Å². The fraction of sp³-hybridized carbons (Fsp3) is 0.154. The van der Waals surface area contributed by atoms with Gasteiger partial charge in [0.25, 0.3) is 5.91 Å². The first kappa shape index (κ1) is 22.5. The second kappa shape index (κ2) is 9.17. The van der Waals surface area contributed by atoms with Crippen molar-refractivity contribution >= 4 is 34.2 Å². The highest BCUT2D eigenvalue weighted by atomic mass is 19.2. The molecule has 6 nitrogen and oxygen atoms in total. The van der Waals surface area contributed by atoms with Crippen LogP contribution in [0.5, 0.6) is 0 Å². The van der Waals surface area contributed by atoms with E-state index in [9.17, 15) is 22.8 Å². The second-order valence-corrected chi connectivity index (χ2v) is 8.23. The lowest BCUT2D eigenvalue weighted by Crippen LogP contribution is -2.19. The van der Waals surface area contributed by atoms with E-state index >= 15 is 0 Å². The molecule has 9 heteroatoms. The quantitative estimate of drug-likeness (QED) is 0.404. The molecule has 0 saturated carbocycles. The lowest BCUT2D eigenvalue weighted by atomic mass is 10.0. The largest absolute Gasteiger partial charge is 0.355 e. The van der Waals surface area contributed by atoms with Crippen molar-refractivity contribution in [3.05, 3.63) is 94.9 Å². The normalized spacial score (nSPS) is 13.3. The predicted molar refractivity (Wildman–Crippen MR) is 125 cm³/mol. The summed E-state index contributed by atoms with van der Waals surface area (Å²) >= 11 is 0. The molecule has 1 N–H and O–H groups in total. The molecule has 176 valence electrons. The number of rotatable bonds is 5. The SMILES string of the molecule is O=C(Nc1ccc(F)c(C(=O)c2ccc3ncc(N4CCCC4)nc3c2)c1)c1ccc(F)c(F)c1. The number of aromatic nitrogens is 2. The maximum absolute atomic E-state index is 14.6. The van der Waals surface area contributed by atoms with Gasteiger partial charge in [0.15, 0.2) is 17.4 Å². The van der Waals surface area contributed by atoms with Crippen LogP contribution in [0.1, 0.15) is 39.1 Å². The molecule has 0 spiro atoms. The molecule has 5 rings (SSSR count). The molecule has 0 aliphatic carbocycles. The fourth-order valence-electron chi connectivity index (χ4n) is 4.01. The Morgan fingerprint density at radius 2 is 1.54 bits per heavy atom. The van der Waals surface area contributed by atoms with Crippen LogP contribution in [0.15, 0.2) is 60.8 Å². The first-order valence-electron chi connectivity index (χ1n) is 11.0. The predicted octanol–water partition coefficient (Wildman–Crippen LogP) is 5.13. The Hall–Kier alpha value is -4.27. The number of nitrogens with zero attached hydrogens (tertiary/aromatic N) is 3. The third-order valence-electron chi connectivity index (χ3n) is 5.87. The number of halogens is 3. The van der Waals surface area contributed by atoms with Gasteiger partial charge in [0, 0.05) is 29.9 Å². The van der Waals surface area contributed by atoms with Crippen molar-refractivity contribution in [3.8, 4) is 0 Å². The van der Waals surface area contributed by atoms with Crippen LogP contribution in [0.3, 0.4) is 0 Å². The number of amides is 1. The summed E-state index contributed by atoms with van der Waals surface area (Å²) in [4.78, 5) is 36.7. The van der Waals surface area contributed by atoms with Crippen LogP contribution in [0, 0.1) is 17.5 Å². The van der Waals surface area contributed by atoms with Crippen molar-refractivity contribution in [2.24, 2.45) is 0 Å².